The lowest BCUT2D eigenvalue weighted by molar-refractivity contribution is -0.114. The number of benzene rings is 1. The Kier molecular flexibility index (Phi) is 3.72. The number of nitrogens with one attached hydrogen (secondary N) is 2. The number of allylic oxidation sites excluding steroid dienone is 4. The first-order valence-electron chi connectivity index (χ1n) is 7.49. The number of aromatic amines is 1. The van der Waals surface area contributed by atoms with Crippen LogP contribution in [-0.2, 0) is 10.2 Å². The van der Waals surface area contributed by atoms with Crippen molar-refractivity contribution in [1.29, 1.82) is 0 Å². The van der Waals surface area contributed by atoms with Crippen LogP contribution >= 0.6 is 0 Å². The zero-order valence-corrected chi connectivity index (χ0v) is 12.9. The van der Waals surface area contributed by atoms with Crippen LogP contribution < -0.4 is 5.32 Å². The van der Waals surface area contributed by atoms with Crippen molar-refractivity contribution in [2.45, 2.75) is 25.7 Å². The van der Waals surface area contributed by atoms with Crippen LogP contribution in [0.1, 0.15) is 31.5 Å². The Morgan fingerprint density at radius 1 is 1.23 bits per heavy atom. The highest BCUT2D eigenvalue weighted by atomic mass is 16.1. The first kappa shape index (κ1) is 14.4. The Hall–Kier alpha value is -2.55. The molecule has 0 fully saturated rings. The summed E-state index contributed by atoms with van der Waals surface area (Å²) in [5.74, 6) is -0.0532. The quantitative estimate of drug-likeness (QED) is 0.873. The molecule has 2 N–H and O–H groups in total. The number of hydrogen-bond acceptors (Lipinski definition) is 1. The Bertz CT molecular complexity index is 723. The van der Waals surface area contributed by atoms with E-state index in [1.165, 1.54) is 23.8 Å². The van der Waals surface area contributed by atoms with Crippen molar-refractivity contribution < 1.29 is 4.79 Å². The van der Waals surface area contributed by atoms with Crippen molar-refractivity contribution in [3.63, 3.8) is 0 Å². The summed E-state index contributed by atoms with van der Waals surface area (Å²) in [6.45, 7) is 3.76. The molecule has 3 nitrogen and oxygen atoms in total. The van der Waals surface area contributed by atoms with E-state index in [0.29, 0.717) is 0 Å². The molecule has 2 aromatic rings. The Labute approximate surface area is 130 Å². The average Bonchev–Trinajstić information content (AvgIpc) is 3.20. The third-order valence-electron chi connectivity index (χ3n) is 4.33. The molecule has 3 heteroatoms. The molecule has 112 valence electrons. The molecule has 0 unspecified atom stereocenters. The summed E-state index contributed by atoms with van der Waals surface area (Å²) < 4.78 is 0. The smallest absolute Gasteiger partial charge is 0.221 e. The van der Waals surface area contributed by atoms with Gasteiger partial charge in [0.1, 0.15) is 0 Å². The highest BCUT2D eigenvalue weighted by Gasteiger charge is 2.34. The Morgan fingerprint density at radius 2 is 2.00 bits per heavy atom. The van der Waals surface area contributed by atoms with E-state index in [-0.39, 0.29) is 11.3 Å². The normalized spacial score (nSPS) is 16.2. The van der Waals surface area contributed by atoms with E-state index >= 15 is 0 Å². The van der Waals surface area contributed by atoms with E-state index < -0.39 is 0 Å². The number of aromatic nitrogens is 1. The second-order valence-corrected chi connectivity index (χ2v) is 5.79. The molecule has 0 spiro atoms. The zero-order chi connectivity index (χ0) is 15.6. The van der Waals surface area contributed by atoms with Crippen LogP contribution in [0.2, 0.25) is 0 Å². The molecule has 1 atom stereocenters. The summed E-state index contributed by atoms with van der Waals surface area (Å²) in [5.41, 5.74) is 4.38. The van der Waals surface area contributed by atoms with Crippen LogP contribution in [0.4, 0.5) is 5.69 Å². The van der Waals surface area contributed by atoms with Gasteiger partial charge in [-0.3, -0.25) is 4.79 Å². The first-order valence-corrected chi connectivity index (χ1v) is 7.49. The van der Waals surface area contributed by atoms with Gasteiger partial charge in [-0.1, -0.05) is 35.9 Å². The third kappa shape index (κ3) is 2.50. The monoisotopic (exact) mass is 292 g/mol. The van der Waals surface area contributed by atoms with Crippen molar-refractivity contribution in [1.82, 2.24) is 4.98 Å². The van der Waals surface area contributed by atoms with Gasteiger partial charge in [-0.15, -0.1) is 0 Å². The molecular formula is C19H20N2O. The molecular weight excluding hydrogens is 272 g/mol. The van der Waals surface area contributed by atoms with E-state index in [0.717, 1.165) is 12.1 Å². The second kappa shape index (κ2) is 5.68. The first-order chi connectivity index (χ1) is 10.6. The highest BCUT2D eigenvalue weighted by Crippen LogP contribution is 2.41. The van der Waals surface area contributed by atoms with Crippen molar-refractivity contribution in [2.24, 2.45) is 0 Å². The molecule has 0 aliphatic heterocycles. The molecule has 22 heavy (non-hydrogen) atoms. The number of H-pyrrole nitrogens is 1. The maximum absolute atomic E-state index is 11.2. The van der Waals surface area contributed by atoms with Gasteiger partial charge in [-0.2, -0.15) is 0 Å². The minimum Gasteiger partial charge on any atom is -0.364 e. The van der Waals surface area contributed by atoms with Gasteiger partial charge in [0.25, 0.3) is 0 Å². The third-order valence-corrected chi connectivity index (χ3v) is 4.33. The summed E-state index contributed by atoms with van der Waals surface area (Å²) in [5, 5.41) is 2.81. The number of anilines is 1. The largest absolute Gasteiger partial charge is 0.364 e. The van der Waals surface area contributed by atoms with Crippen LogP contribution in [0.5, 0.6) is 0 Å². The van der Waals surface area contributed by atoms with Gasteiger partial charge in [0.2, 0.25) is 5.91 Å². The van der Waals surface area contributed by atoms with Crippen LogP contribution in [0, 0.1) is 0 Å². The van der Waals surface area contributed by atoms with Crippen molar-refractivity contribution >= 4 is 11.6 Å². The second-order valence-electron chi connectivity index (χ2n) is 5.79. The Morgan fingerprint density at radius 3 is 2.55 bits per heavy atom. The van der Waals surface area contributed by atoms with Gasteiger partial charge in [-0.25, -0.2) is 0 Å². The molecule has 0 radical (unpaired) electrons. The molecule has 1 amide bonds. The standard InChI is InChI=1S/C19H20N2O/c1-14(22)21-17-11-9-16(10-12-17)19(2,15-6-3-4-7-15)18-8-5-13-20-18/h3-6,8-13,20H,7H2,1-2H3,(H,21,22)/t19-/m0/s1. The van der Waals surface area contributed by atoms with Gasteiger partial charge in [-0.05, 0) is 43.2 Å². The molecule has 3 rings (SSSR count). The molecule has 1 aromatic carbocycles. The maximum atomic E-state index is 11.2. The predicted molar refractivity (Wildman–Crippen MR) is 89.8 cm³/mol. The molecule has 0 saturated carbocycles. The van der Waals surface area contributed by atoms with Gasteiger partial charge >= 0.3 is 0 Å². The molecule has 1 heterocycles. The fourth-order valence-corrected chi connectivity index (χ4v) is 3.06. The van der Waals surface area contributed by atoms with E-state index in [2.05, 4.69) is 53.7 Å². The number of carbonyl (C=O) groups excluding carboxylic acids is 1. The van der Waals surface area contributed by atoms with E-state index in [4.69, 9.17) is 0 Å². The molecule has 1 aliphatic carbocycles. The van der Waals surface area contributed by atoms with Crippen molar-refractivity contribution in [2.75, 3.05) is 5.32 Å². The average molecular weight is 292 g/mol. The van der Waals surface area contributed by atoms with Crippen LogP contribution in [0.15, 0.2) is 66.4 Å². The lowest BCUT2D eigenvalue weighted by atomic mass is 9.73. The fraction of sp³-hybridized carbons (Fsp3) is 0.211. The molecule has 1 aromatic heterocycles. The van der Waals surface area contributed by atoms with Gasteiger partial charge in [0, 0.05) is 24.5 Å². The summed E-state index contributed by atoms with van der Waals surface area (Å²) in [6, 6.07) is 12.3. The predicted octanol–water partition coefficient (Wildman–Crippen LogP) is 4.17. The lowest BCUT2D eigenvalue weighted by Gasteiger charge is -2.31. The van der Waals surface area contributed by atoms with Crippen LogP contribution in [0.3, 0.4) is 0 Å². The lowest BCUT2D eigenvalue weighted by Crippen LogP contribution is -2.26. The number of carbonyl (C=O) groups is 1. The van der Waals surface area contributed by atoms with Crippen LogP contribution in [0.25, 0.3) is 0 Å². The molecule has 0 bridgehead atoms. The van der Waals surface area contributed by atoms with Gasteiger partial charge in [0.05, 0.1) is 5.41 Å². The van der Waals surface area contributed by atoms with E-state index in [9.17, 15) is 4.79 Å². The summed E-state index contributed by atoms with van der Waals surface area (Å²) in [4.78, 5) is 14.5. The van der Waals surface area contributed by atoms with Crippen LogP contribution in [-0.4, -0.2) is 10.9 Å². The SMILES string of the molecule is CC(=O)Nc1ccc([C@](C)(C2=CC=CC2)c2ccc[nH]2)cc1. The summed E-state index contributed by atoms with van der Waals surface area (Å²) in [6.07, 6.45) is 9.41. The topological polar surface area (TPSA) is 44.9 Å². The van der Waals surface area contributed by atoms with E-state index in [1.54, 1.807) is 0 Å². The van der Waals surface area contributed by atoms with E-state index in [1.807, 2.05) is 24.4 Å². The highest BCUT2D eigenvalue weighted by molar-refractivity contribution is 5.88. The zero-order valence-electron chi connectivity index (χ0n) is 12.9. The van der Waals surface area contributed by atoms with Gasteiger partial charge < -0.3 is 10.3 Å². The fourth-order valence-electron chi connectivity index (χ4n) is 3.06. The Balaban J connectivity index is 2.01. The van der Waals surface area contributed by atoms with Gasteiger partial charge in [0.15, 0.2) is 0 Å². The number of rotatable bonds is 4. The minimum atomic E-state index is -0.193. The number of hydrogen-bond donors (Lipinski definition) is 2. The summed E-state index contributed by atoms with van der Waals surface area (Å²) >= 11 is 0. The maximum Gasteiger partial charge on any atom is 0.221 e. The molecule has 0 saturated heterocycles. The van der Waals surface area contributed by atoms with Crippen molar-refractivity contribution in [3.05, 3.63) is 77.7 Å². The number of amides is 1. The molecule has 1 aliphatic rings. The minimum absolute atomic E-state index is 0.0532. The van der Waals surface area contributed by atoms with Crippen molar-refractivity contribution in [3.8, 4) is 0 Å². The summed E-state index contributed by atoms with van der Waals surface area (Å²) in [7, 11) is 0.